The molecule has 0 N–H and O–H groups in total. The first-order valence-corrected chi connectivity index (χ1v) is 9.22. The Kier molecular flexibility index (Phi) is 5.07. The summed E-state index contributed by atoms with van der Waals surface area (Å²) >= 11 is 12.6. The standard InChI is InChI=1S/C20H16Cl2N4O2/c1-12-8-16(26-7-6-23-11-26)13-4-3-5-17(19(13)25-12)28-10-14-15(21)9-24-20(27-2)18(14)22/h3-9,11H,10H2,1-2H3. The fraction of sp³-hybridized carbons (Fsp3) is 0.150. The molecule has 4 rings (SSSR count). The van der Waals surface area contributed by atoms with Gasteiger partial charge in [-0.05, 0) is 19.1 Å². The second-order valence-corrected chi connectivity index (χ2v) is 6.89. The quantitative estimate of drug-likeness (QED) is 0.458. The predicted octanol–water partition coefficient (Wildman–Crippen LogP) is 5.02. The smallest absolute Gasteiger partial charge is 0.232 e. The minimum Gasteiger partial charge on any atom is -0.487 e. The molecule has 142 valence electrons. The van der Waals surface area contributed by atoms with Gasteiger partial charge in [-0.2, -0.15) is 0 Å². The molecular formula is C20H16Cl2N4O2. The number of hydrogen-bond donors (Lipinski definition) is 0. The number of nitrogens with zero attached hydrogens (tertiary/aromatic N) is 4. The maximum Gasteiger partial charge on any atom is 0.232 e. The molecule has 0 saturated carbocycles. The maximum atomic E-state index is 6.34. The summed E-state index contributed by atoms with van der Waals surface area (Å²) in [5, 5.41) is 1.69. The average Bonchev–Trinajstić information content (AvgIpc) is 3.22. The minimum atomic E-state index is 0.158. The Balaban J connectivity index is 1.75. The number of imidazole rings is 1. The van der Waals surface area contributed by atoms with Crippen molar-refractivity contribution < 1.29 is 9.47 Å². The van der Waals surface area contributed by atoms with Crippen molar-refractivity contribution >= 4 is 34.1 Å². The van der Waals surface area contributed by atoms with Crippen LogP contribution in [-0.4, -0.2) is 26.6 Å². The number of aryl methyl sites for hydroxylation is 1. The van der Waals surface area contributed by atoms with Crippen molar-refractivity contribution in [3.63, 3.8) is 0 Å². The average molecular weight is 415 g/mol. The highest BCUT2D eigenvalue weighted by molar-refractivity contribution is 6.36. The van der Waals surface area contributed by atoms with Gasteiger partial charge in [0.25, 0.3) is 0 Å². The third kappa shape index (κ3) is 3.37. The Morgan fingerprint density at radius 1 is 1.21 bits per heavy atom. The first-order valence-electron chi connectivity index (χ1n) is 8.47. The molecule has 0 amide bonds. The van der Waals surface area contributed by atoms with Crippen molar-refractivity contribution in [1.82, 2.24) is 19.5 Å². The van der Waals surface area contributed by atoms with Crippen LogP contribution >= 0.6 is 23.2 Å². The monoisotopic (exact) mass is 414 g/mol. The fourth-order valence-corrected chi connectivity index (χ4v) is 3.50. The van der Waals surface area contributed by atoms with Gasteiger partial charge in [-0.25, -0.2) is 15.0 Å². The fourth-order valence-electron chi connectivity index (χ4n) is 2.97. The number of halogens is 2. The van der Waals surface area contributed by atoms with E-state index >= 15 is 0 Å². The largest absolute Gasteiger partial charge is 0.487 e. The molecule has 3 aromatic heterocycles. The predicted molar refractivity (Wildman–Crippen MR) is 109 cm³/mol. The van der Waals surface area contributed by atoms with Gasteiger partial charge in [-0.3, -0.25) is 0 Å². The Morgan fingerprint density at radius 2 is 2.07 bits per heavy atom. The SMILES string of the molecule is COc1ncc(Cl)c(COc2cccc3c(-n4ccnc4)cc(C)nc23)c1Cl. The van der Waals surface area contributed by atoms with Crippen LogP contribution in [0.1, 0.15) is 11.3 Å². The zero-order valence-electron chi connectivity index (χ0n) is 15.2. The van der Waals surface area contributed by atoms with E-state index < -0.39 is 0 Å². The normalized spacial score (nSPS) is 11.0. The van der Waals surface area contributed by atoms with Crippen molar-refractivity contribution in [2.45, 2.75) is 13.5 Å². The number of ether oxygens (including phenoxy) is 2. The van der Waals surface area contributed by atoms with Crippen LogP contribution in [0.3, 0.4) is 0 Å². The molecule has 8 heteroatoms. The van der Waals surface area contributed by atoms with Crippen LogP contribution in [0.5, 0.6) is 11.6 Å². The van der Waals surface area contributed by atoms with Crippen LogP contribution in [0.25, 0.3) is 16.6 Å². The molecule has 28 heavy (non-hydrogen) atoms. The molecule has 0 radical (unpaired) electrons. The molecule has 0 aliphatic heterocycles. The van der Waals surface area contributed by atoms with Crippen LogP contribution in [0, 0.1) is 6.92 Å². The third-order valence-corrected chi connectivity index (χ3v) is 5.01. The first-order chi connectivity index (χ1) is 13.6. The lowest BCUT2D eigenvalue weighted by Gasteiger charge is -2.14. The van der Waals surface area contributed by atoms with Gasteiger partial charge in [-0.1, -0.05) is 35.3 Å². The van der Waals surface area contributed by atoms with Crippen LogP contribution in [0.15, 0.2) is 49.2 Å². The number of fused-ring (bicyclic) bond motifs is 1. The highest BCUT2D eigenvalue weighted by atomic mass is 35.5. The molecule has 0 spiro atoms. The summed E-state index contributed by atoms with van der Waals surface area (Å²) in [5.41, 5.74) is 3.20. The van der Waals surface area contributed by atoms with Gasteiger partial charge in [-0.15, -0.1) is 0 Å². The molecule has 0 aliphatic rings. The summed E-state index contributed by atoms with van der Waals surface area (Å²) in [6.45, 7) is 2.10. The summed E-state index contributed by atoms with van der Waals surface area (Å²) in [4.78, 5) is 12.9. The second kappa shape index (κ2) is 7.66. The summed E-state index contributed by atoms with van der Waals surface area (Å²) in [6, 6.07) is 7.80. The van der Waals surface area contributed by atoms with E-state index in [-0.39, 0.29) is 6.61 Å². The number of rotatable bonds is 5. The summed E-state index contributed by atoms with van der Waals surface area (Å²) < 4.78 is 13.2. The van der Waals surface area contributed by atoms with Crippen LogP contribution in [0.4, 0.5) is 0 Å². The molecule has 0 aliphatic carbocycles. The van der Waals surface area contributed by atoms with E-state index in [0.29, 0.717) is 27.2 Å². The maximum absolute atomic E-state index is 6.34. The number of methoxy groups -OCH3 is 1. The Morgan fingerprint density at radius 3 is 2.82 bits per heavy atom. The number of para-hydroxylation sites is 1. The molecule has 6 nitrogen and oxygen atoms in total. The van der Waals surface area contributed by atoms with Gasteiger partial charge in [0.2, 0.25) is 5.88 Å². The highest BCUT2D eigenvalue weighted by Crippen LogP contribution is 2.34. The van der Waals surface area contributed by atoms with Gasteiger partial charge >= 0.3 is 0 Å². The summed E-state index contributed by atoms with van der Waals surface area (Å²) in [5.74, 6) is 0.935. The second-order valence-electron chi connectivity index (χ2n) is 6.10. The van der Waals surface area contributed by atoms with E-state index in [9.17, 15) is 0 Å². The lowest BCUT2D eigenvalue weighted by molar-refractivity contribution is 0.308. The first kappa shape index (κ1) is 18.5. The van der Waals surface area contributed by atoms with Crippen LogP contribution < -0.4 is 9.47 Å². The summed E-state index contributed by atoms with van der Waals surface area (Å²) in [7, 11) is 1.50. The number of hydrogen-bond acceptors (Lipinski definition) is 5. The van der Waals surface area contributed by atoms with Gasteiger partial charge in [0.05, 0.1) is 30.3 Å². The molecule has 0 unspecified atom stereocenters. The number of pyridine rings is 2. The zero-order chi connectivity index (χ0) is 19.7. The van der Waals surface area contributed by atoms with Crippen molar-refractivity contribution in [3.8, 4) is 17.3 Å². The molecule has 0 bridgehead atoms. The van der Waals surface area contributed by atoms with Crippen LogP contribution in [0.2, 0.25) is 10.0 Å². The van der Waals surface area contributed by atoms with Gasteiger partial charge in [0.1, 0.15) is 22.9 Å². The third-order valence-electron chi connectivity index (χ3n) is 4.29. The van der Waals surface area contributed by atoms with Crippen molar-refractivity contribution in [2.24, 2.45) is 0 Å². The van der Waals surface area contributed by atoms with Crippen LogP contribution in [-0.2, 0) is 6.61 Å². The van der Waals surface area contributed by atoms with E-state index in [4.69, 9.17) is 32.7 Å². The molecular weight excluding hydrogens is 399 g/mol. The lowest BCUT2D eigenvalue weighted by Crippen LogP contribution is -2.02. The van der Waals surface area contributed by atoms with E-state index in [1.807, 2.05) is 42.0 Å². The van der Waals surface area contributed by atoms with Crippen molar-refractivity contribution in [3.05, 3.63) is 70.5 Å². The zero-order valence-corrected chi connectivity index (χ0v) is 16.7. The molecule has 0 saturated heterocycles. The van der Waals surface area contributed by atoms with Crippen molar-refractivity contribution in [2.75, 3.05) is 7.11 Å². The summed E-state index contributed by atoms with van der Waals surface area (Å²) in [6.07, 6.45) is 6.88. The van der Waals surface area contributed by atoms with E-state index in [1.165, 1.54) is 13.3 Å². The Hall–Kier alpha value is -2.83. The Bertz CT molecular complexity index is 1150. The topological polar surface area (TPSA) is 62.1 Å². The Labute approximate surface area is 171 Å². The molecule has 3 heterocycles. The highest BCUT2D eigenvalue weighted by Gasteiger charge is 2.15. The van der Waals surface area contributed by atoms with Crippen molar-refractivity contribution in [1.29, 1.82) is 0 Å². The number of aromatic nitrogens is 4. The van der Waals surface area contributed by atoms with E-state index in [0.717, 1.165) is 22.3 Å². The van der Waals surface area contributed by atoms with E-state index in [2.05, 4.69) is 15.0 Å². The molecule has 0 atom stereocenters. The van der Waals surface area contributed by atoms with E-state index in [1.54, 1.807) is 12.5 Å². The lowest BCUT2D eigenvalue weighted by atomic mass is 10.1. The molecule has 4 aromatic rings. The van der Waals surface area contributed by atoms with Gasteiger partial charge < -0.3 is 14.0 Å². The molecule has 1 aromatic carbocycles. The van der Waals surface area contributed by atoms with Gasteiger partial charge in [0.15, 0.2) is 0 Å². The molecule has 0 fully saturated rings. The van der Waals surface area contributed by atoms with Gasteiger partial charge in [0, 0.05) is 29.0 Å². The minimum absolute atomic E-state index is 0.158. The number of benzene rings is 1.